The monoisotopic (exact) mass is 683 g/mol. The Morgan fingerprint density at radius 1 is 1.02 bits per heavy atom. The van der Waals surface area contributed by atoms with Gasteiger partial charge in [0.2, 0.25) is 17.6 Å². The van der Waals surface area contributed by atoms with Gasteiger partial charge in [-0.05, 0) is 30.9 Å². The number of methoxy groups -OCH3 is 1. The van der Waals surface area contributed by atoms with E-state index in [1.807, 2.05) is 0 Å². The second-order valence-corrected chi connectivity index (χ2v) is 11.6. The highest BCUT2D eigenvalue weighted by molar-refractivity contribution is 5.98. The molecule has 2 amide bonds. The molecule has 17 heteroatoms. The molecule has 0 bridgehead atoms. The van der Waals surface area contributed by atoms with E-state index >= 15 is 0 Å². The minimum atomic E-state index is -4.58. The van der Waals surface area contributed by atoms with Crippen molar-refractivity contribution in [3.05, 3.63) is 88.3 Å². The zero-order valence-corrected chi connectivity index (χ0v) is 26.6. The van der Waals surface area contributed by atoms with Gasteiger partial charge in [0.15, 0.2) is 0 Å². The predicted octanol–water partition coefficient (Wildman–Crippen LogP) is 4.01. The van der Waals surface area contributed by atoms with Gasteiger partial charge in [-0.25, -0.2) is 9.78 Å². The minimum absolute atomic E-state index is 0.0275. The van der Waals surface area contributed by atoms with E-state index in [9.17, 15) is 32.3 Å². The van der Waals surface area contributed by atoms with Crippen LogP contribution in [0.2, 0.25) is 0 Å². The number of ether oxygens (including phenoxy) is 2. The van der Waals surface area contributed by atoms with Gasteiger partial charge in [-0.2, -0.15) is 13.2 Å². The van der Waals surface area contributed by atoms with Crippen molar-refractivity contribution in [2.75, 3.05) is 25.6 Å². The van der Waals surface area contributed by atoms with Crippen LogP contribution >= 0.6 is 0 Å². The Kier molecular flexibility index (Phi) is 10.2. The molecule has 258 valence electrons. The van der Waals surface area contributed by atoms with Gasteiger partial charge in [0.25, 0.3) is 11.4 Å². The fraction of sp³-hybridized carbons (Fsp3) is 0.375. The number of hydrogen-bond acceptors (Lipinski definition) is 11. The first kappa shape index (κ1) is 34.9. The van der Waals surface area contributed by atoms with Crippen molar-refractivity contribution in [1.29, 1.82) is 0 Å². The van der Waals surface area contributed by atoms with Gasteiger partial charge in [0.1, 0.15) is 18.1 Å². The van der Waals surface area contributed by atoms with Crippen LogP contribution in [0.5, 0.6) is 0 Å². The molecule has 0 unspecified atom stereocenters. The van der Waals surface area contributed by atoms with Gasteiger partial charge in [-0.1, -0.05) is 44.2 Å². The van der Waals surface area contributed by atoms with Crippen molar-refractivity contribution >= 4 is 23.5 Å². The number of carbonyl (C=O) groups excluding carboxylic acids is 3. The van der Waals surface area contributed by atoms with Gasteiger partial charge in [0, 0.05) is 25.0 Å². The van der Waals surface area contributed by atoms with Gasteiger partial charge in [-0.15, -0.1) is 10.2 Å². The topological polar surface area (TPSA) is 180 Å². The van der Waals surface area contributed by atoms with Crippen LogP contribution in [0.15, 0.2) is 64.1 Å². The maximum atomic E-state index is 13.7. The number of amides is 2. The Bertz CT molecular complexity index is 1870. The third-order valence-corrected chi connectivity index (χ3v) is 8.04. The number of hydrogen-bond donors (Lipinski definition) is 2. The summed E-state index contributed by atoms with van der Waals surface area (Å²) in [4.78, 5) is 60.7. The van der Waals surface area contributed by atoms with Crippen molar-refractivity contribution in [1.82, 2.24) is 30.0 Å². The van der Waals surface area contributed by atoms with E-state index in [1.54, 1.807) is 44.2 Å². The molecular formula is C32H32F3N7O7. The van der Waals surface area contributed by atoms with E-state index in [2.05, 4.69) is 35.5 Å². The van der Waals surface area contributed by atoms with E-state index < -0.39 is 64.9 Å². The van der Waals surface area contributed by atoms with Crippen LogP contribution in [0.1, 0.15) is 54.5 Å². The summed E-state index contributed by atoms with van der Waals surface area (Å²) in [5.41, 5.74) is -2.26. The number of Topliss-reactive ketones (excluding diaryl/α,β-unsaturated/α-hetero) is 1. The molecule has 1 aliphatic rings. The summed E-state index contributed by atoms with van der Waals surface area (Å²) in [5, 5.41) is 13.0. The maximum absolute atomic E-state index is 13.7. The molecule has 0 saturated carbocycles. The molecule has 2 N–H and O–H groups in total. The fourth-order valence-electron chi connectivity index (χ4n) is 5.39. The SMILES string of the molecule is COC(=O)Nc1cnc(-c2ccccc2)n(CC(=O)N[C@H](C(=O)c2nnc(C3(c4ccc(C(F)(F)F)cn4)CCOCC3)o2)C(C)C)c1=O. The van der Waals surface area contributed by atoms with Crippen LogP contribution < -0.4 is 16.2 Å². The minimum Gasteiger partial charge on any atom is -0.453 e. The van der Waals surface area contributed by atoms with Gasteiger partial charge in [0.05, 0.1) is 36.0 Å². The number of nitrogens with one attached hydrogen (secondary N) is 2. The zero-order chi connectivity index (χ0) is 35.3. The third-order valence-electron chi connectivity index (χ3n) is 8.04. The molecule has 1 aromatic carbocycles. The Morgan fingerprint density at radius 2 is 1.73 bits per heavy atom. The number of aromatic nitrogens is 5. The molecule has 1 atom stereocenters. The summed E-state index contributed by atoms with van der Waals surface area (Å²) in [6, 6.07) is 9.54. The molecule has 4 aromatic rings. The number of halogens is 3. The first-order valence-corrected chi connectivity index (χ1v) is 15.1. The number of benzene rings is 1. The van der Waals surface area contributed by atoms with Crippen LogP contribution in [-0.2, 0) is 32.4 Å². The van der Waals surface area contributed by atoms with Crippen molar-refractivity contribution in [2.24, 2.45) is 5.92 Å². The van der Waals surface area contributed by atoms with Crippen LogP contribution in [-0.4, -0.2) is 68.9 Å². The highest BCUT2D eigenvalue weighted by atomic mass is 19.4. The van der Waals surface area contributed by atoms with Crippen molar-refractivity contribution in [3.8, 4) is 11.4 Å². The molecule has 0 radical (unpaired) electrons. The summed E-state index contributed by atoms with van der Waals surface area (Å²) >= 11 is 0. The molecule has 14 nitrogen and oxygen atoms in total. The average molecular weight is 684 g/mol. The number of alkyl halides is 3. The Balaban J connectivity index is 1.41. The van der Waals surface area contributed by atoms with Crippen LogP contribution in [0, 0.1) is 5.92 Å². The lowest BCUT2D eigenvalue weighted by Gasteiger charge is -2.33. The summed E-state index contributed by atoms with van der Waals surface area (Å²) in [6.45, 7) is 3.23. The van der Waals surface area contributed by atoms with Crippen molar-refractivity contribution in [3.63, 3.8) is 0 Å². The Morgan fingerprint density at radius 3 is 2.35 bits per heavy atom. The quantitative estimate of drug-likeness (QED) is 0.231. The molecule has 4 heterocycles. The lowest BCUT2D eigenvalue weighted by molar-refractivity contribution is -0.137. The lowest BCUT2D eigenvalue weighted by atomic mass is 9.76. The second kappa shape index (κ2) is 14.3. The number of nitrogens with zero attached hydrogens (tertiary/aromatic N) is 5. The lowest BCUT2D eigenvalue weighted by Crippen LogP contribution is -2.46. The highest BCUT2D eigenvalue weighted by Gasteiger charge is 2.44. The summed E-state index contributed by atoms with van der Waals surface area (Å²) in [5.74, 6) is -2.28. The Labute approximate surface area is 277 Å². The van der Waals surface area contributed by atoms with Gasteiger partial charge in [-0.3, -0.25) is 29.3 Å². The zero-order valence-electron chi connectivity index (χ0n) is 26.6. The van der Waals surface area contributed by atoms with E-state index in [-0.39, 0.29) is 49.2 Å². The normalized spacial score (nSPS) is 15.0. The second-order valence-electron chi connectivity index (χ2n) is 11.6. The smallest absolute Gasteiger partial charge is 0.417 e. The largest absolute Gasteiger partial charge is 0.453 e. The molecule has 49 heavy (non-hydrogen) atoms. The standard InChI is InChI=1S/C32H32F3N7O7/c1-18(2)24(39-23(43)17-42-26(19-7-5-4-6-8-19)37-16-21(28(42)45)38-30(46)47-3)25(44)27-40-41-29(49-27)31(11-13-48-14-12-31)22-10-9-20(15-36-22)32(33,34)35/h4-10,15-16,18,24H,11-14,17H2,1-3H3,(H,38,46)(H,39,43)/t24-/m0/s1. The summed E-state index contributed by atoms with van der Waals surface area (Å²) < 4.78 is 56.6. The number of carbonyl (C=O) groups is 3. The van der Waals surface area contributed by atoms with Crippen LogP contribution in [0.3, 0.4) is 0 Å². The molecular weight excluding hydrogens is 651 g/mol. The van der Waals surface area contributed by atoms with Crippen LogP contribution in [0.25, 0.3) is 11.4 Å². The summed E-state index contributed by atoms with van der Waals surface area (Å²) in [7, 11) is 1.12. The molecule has 1 saturated heterocycles. The fourth-order valence-corrected chi connectivity index (χ4v) is 5.39. The number of rotatable bonds is 10. The first-order chi connectivity index (χ1) is 23.3. The highest BCUT2D eigenvalue weighted by Crippen LogP contribution is 2.40. The first-order valence-electron chi connectivity index (χ1n) is 15.1. The van der Waals surface area contributed by atoms with E-state index in [4.69, 9.17) is 9.15 Å². The van der Waals surface area contributed by atoms with Crippen molar-refractivity contribution < 1.29 is 41.4 Å². The third kappa shape index (κ3) is 7.51. The average Bonchev–Trinajstić information content (AvgIpc) is 3.60. The number of ketones is 1. The molecule has 0 spiro atoms. The van der Waals surface area contributed by atoms with Gasteiger partial charge >= 0.3 is 12.3 Å². The number of pyridine rings is 1. The van der Waals surface area contributed by atoms with Crippen LogP contribution in [0.4, 0.5) is 23.7 Å². The van der Waals surface area contributed by atoms with E-state index in [1.165, 1.54) is 6.07 Å². The molecule has 0 aliphatic carbocycles. The van der Waals surface area contributed by atoms with E-state index in [0.29, 0.717) is 5.56 Å². The van der Waals surface area contributed by atoms with E-state index in [0.717, 1.165) is 30.1 Å². The van der Waals surface area contributed by atoms with Crippen molar-refractivity contribution in [2.45, 2.75) is 50.9 Å². The molecule has 1 aliphatic heterocycles. The maximum Gasteiger partial charge on any atom is 0.417 e. The molecule has 3 aromatic heterocycles. The van der Waals surface area contributed by atoms with Gasteiger partial charge < -0.3 is 19.2 Å². The Hall–Kier alpha value is -5.45. The number of anilines is 1. The molecule has 5 rings (SSSR count). The predicted molar refractivity (Wildman–Crippen MR) is 165 cm³/mol. The molecule has 1 fully saturated rings. The summed E-state index contributed by atoms with van der Waals surface area (Å²) in [6.07, 6.45) is -3.11.